The molecule has 0 atom stereocenters. The molecule has 0 aliphatic rings. The molecule has 0 saturated carbocycles. The highest BCUT2D eigenvalue weighted by Crippen LogP contribution is 2.23. The van der Waals surface area contributed by atoms with Gasteiger partial charge in [0.15, 0.2) is 0 Å². The molecule has 0 aliphatic heterocycles. The summed E-state index contributed by atoms with van der Waals surface area (Å²) >= 11 is 5.79. The lowest BCUT2D eigenvalue weighted by molar-refractivity contribution is 0.170. The molecular weight excluding hydrogens is 218 g/mol. The van der Waals surface area contributed by atoms with Crippen LogP contribution in [0.5, 0.6) is 0 Å². The molecule has 15 heavy (non-hydrogen) atoms. The molecule has 2 N–H and O–H groups in total. The number of benzene rings is 1. The van der Waals surface area contributed by atoms with Crippen LogP contribution < -0.4 is 5.73 Å². The Hall–Kier alpha value is -1.75. The average Bonchev–Trinajstić information content (AvgIpc) is 2.54. The third-order valence-electron chi connectivity index (χ3n) is 2.02. The summed E-state index contributed by atoms with van der Waals surface area (Å²) in [5.74, 6) is 0.244. The first kappa shape index (κ1) is 9.79. The van der Waals surface area contributed by atoms with Gasteiger partial charge in [0.1, 0.15) is 5.82 Å². The normalized spacial score (nSPS) is 10.5. The fourth-order valence-electron chi connectivity index (χ4n) is 1.31. The van der Waals surface area contributed by atoms with Crippen LogP contribution in [0.3, 0.4) is 0 Å². The van der Waals surface area contributed by atoms with Gasteiger partial charge in [-0.3, -0.25) is 0 Å². The Morgan fingerprint density at radius 3 is 3.00 bits per heavy atom. The van der Waals surface area contributed by atoms with Gasteiger partial charge in [-0.15, -0.1) is 4.68 Å². The van der Waals surface area contributed by atoms with Crippen molar-refractivity contribution in [2.75, 3.05) is 12.8 Å². The van der Waals surface area contributed by atoms with Crippen molar-refractivity contribution >= 4 is 34.4 Å². The molecule has 0 saturated heterocycles. The number of rotatable bonds is 0. The maximum atomic E-state index is 11.3. The van der Waals surface area contributed by atoms with Crippen molar-refractivity contribution < 1.29 is 9.53 Å². The van der Waals surface area contributed by atoms with E-state index < -0.39 is 6.09 Å². The van der Waals surface area contributed by atoms with E-state index in [1.54, 1.807) is 18.2 Å². The van der Waals surface area contributed by atoms with Gasteiger partial charge in [-0.2, -0.15) is 5.10 Å². The van der Waals surface area contributed by atoms with E-state index in [0.717, 1.165) is 4.68 Å². The Morgan fingerprint density at radius 2 is 2.33 bits per heavy atom. The zero-order chi connectivity index (χ0) is 11.0. The van der Waals surface area contributed by atoms with E-state index in [2.05, 4.69) is 9.84 Å². The summed E-state index contributed by atoms with van der Waals surface area (Å²) in [7, 11) is 1.26. The van der Waals surface area contributed by atoms with Crippen LogP contribution >= 0.6 is 11.6 Å². The Balaban J connectivity index is 2.69. The molecule has 0 radical (unpaired) electrons. The van der Waals surface area contributed by atoms with Gasteiger partial charge in [0.05, 0.1) is 12.6 Å². The molecule has 1 heterocycles. The number of ether oxygens (including phenoxy) is 1. The van der Waals surface area contributed by atoms with Gasteiger partial charge in [-0.1, -0.05) is 11.6 Å². The number of hydrogen-bond donors (Lipinski definition) is 1. The smallest absolute Gasteiger partial charge is 0.436 e. The highest BCUT2D eigenvalue weighted by Gasteiger charge is 2.14. The summed E-state index contributed by atoms with van der Waals surface area (Å²) in [6, 6.07) is 5.02. The van der Waals surface area contributed by atoms with Crippen molar-refractivity contribution in [3.8, 4) is 0 Å². The second-order valence-electron chi connectivity index (χ2n) is 2.93. The first-order valence-electron chi connectivity index (χ1n) is 4.15. The summed E-state index contributed by atoms with van der Waals surface area (Å²) in [5.41, 5.74) is 6.28. The van der Waals surface area contributed by atoms with Gasteiger partial charge < -0.3 is 10.5 Å². The lowest BCUT2D eigenvalue weighted by Gasteiger charge is -1.98. The van der Waals surface area contributed by atoms with Crippen molar-refractivity contribution in [3.05, 3.63) is 23.2 Å². The number of nitrogens with zero attached hydrogens (tertiary/aromatic N) is 2. The second kappa shape index (κ2) is 3.43. The summed E-state index contributed by atoms with van der Waals surface area (Å²) in [6.45, 7) is 0. The van der Waals surface area contributed by atoms with Crippen LogP contribution in [0.1, 0.15) is 0 Å². The fourth-order valence-corrected chi connectivity index (χ4v) is 1.47. The van der Waals surface area contributed by atoms with Crippen LogP contribution in [-0.2, 0) is 4.74 Å². The Labute approximate surface area is 90.4 Å². The number of carbonyl (C=O) groups excluding carboxylic acids is 1. The van der Waals surface area contributed by atoms with Gasteiger partial charge in [-0.25, -0.2) is 4.79 Å². The predicted molar refractivity (Wildman–Crippen MR) is 57.0 cm³/mol. The van der Waals surface area contributed by atoms with Crippen LogP contribution in [0.4, 0.5) is 10.6 Å². The molecule has 0 bridgehead atoms. The number of methoxy groups -OCH3 is 1. The van der Waals surface area contributed by atoms with Crippen LogP contribution in [-0.4, -0.2) is 23.0 Å². The quantitative estimate of drug-likeness (QED) is 0.743. The largest absolute Gasteiger partial charge is 0.451 e. The van der Waals surface area contributed by atoms with Crippen molar-refractivity contribution in [2.24, 2.45) is 0 Å². The van der Waals surface area contributed by atoms with E-state index in [4.69, 9.17) is 17.3 Å². The van der Waals surface area contributed by atoms with Gasteiger partial charge >= 0.3 is 6.09 Å². The van der Waals surface area contributed by atoms with Crippen molar-refractivity contribution in [2.45, 2.75) is 0 Å². The van der Waals surface area contributed by atoms with Gasteiger partial charge in [0, 0.05) is 10.4 Å². The molecular formula is C9H8ClN3O2. The maximum Gasteiger partial charge on any atom is 0.436 e. The van der Waals surface area contributed by atoms with Crippen molar-refractivity contribution in [1.29, 1.82) is 0 Å². The number of anilines is 1. The number of aromatic nitrogens is 2. The number of carbonyl (C=O) groups is 1. The molecule has 0 fully saturated rings. The summed E-state index contributed by atoms with van der Waals surface area (Å²) in [4.78, 5) is 11.3. The zero-order valence-electron chi connectivity index (χ0n) is 7.90. The molecule has 0 unspecified atom stereocenters. The molecule has 2 aromatic rings. The van der Waals surface area contributed by atoms with E-state index in [1.807, 2.05) is 0 Å². The lowest BCUT2D eigenvalue weighted by Crippen LogP contribution is -2.15. The number of fused-ring (bicyclic) bond motifs is 1. The van der Waals surface area contributed by atoms with E-state index in [9.17, 15) is 4.79 Å². The second-order valence-corrected chi connectivity index (χ2v) is 3.36. The molecule has 0 amide bonds. The minimum Gasteiger partial charge on any atom is -0.451 e. The third-order valence-corrected chi connectivity index (χ3v) is 2.25. The lowest BCUT2D eigenvalue weighted by atomic mass is 10.2. The minimum absolute atomic E-state index is 0.244. The Morgan fingerprint density at radius 1 is 1.60 bits per heavy atom. The number of nitrogens with two attached hydrogens (primary N) is 1. The Bertz CT molecular complexity index is 535. The average molecular weight is 226 g/mol. The monoisotopic (exact) mass is 225 g/mol. The fraction of sp³-hybridized carbons (Fsp3) is 0.111. The standard InChI is InChI=1S/C9H8ClN3O2/c1-15-9(14)13-8(11)6-3-2-5(10)4-7(6)12-13/h2-4H,11H2,1H3. The van der Waals surface area contributed by atoms with Crippen LogP contribution in [0.15, 0.2) is 18.2 Å². The zero-order valence-corrected chi connectivity index (χ0v) is 8.65. The predicted octanol–water partition coefficient (Wildman–Crippen LogP) is 1.89. The van der Waals surface area contributed by atoms with E-state index in [-0.39, 0.29) is 5.82 Å². The molecule has 0 spiro atoms. The molecule has 2 rings (SSSR count). The molecule has 6 heteroatoms. The molecule has 5 nitrogen and oxygen atoms in total. The summed E-state index contributed by atoms with van der Waals surface area (Å²) in [5, 5.41) is 5.19. The van der Waals surface area contributed by atoms with Crippen molar-refractivity contribution in [3.63, 3.8) is 0 Å². The first-order chi connectivity index (χ1) is 7.13. The van der Waals surface area contributed by atoms with Crippen LogP contribution in [0, 0.1) is 0 Å². The van der Waals surface area contributed by atoms with Gasteiger partial charge in [0.25, 0.3) is 0 Å². The maximum absolute atomic E-state index is 11.3. The Kier molecular flexibility index (Phi) is 2.24. The van der Waals surface area contributed by atoms with Crippen LogP contribution in [0.25, 0.3) is 10.9 Å². The first-order valence-corrected chi connectivity index (χ1v) is 4.53. The topological polar surface area (TPSA) is 70.1 Å². The van der Waals surface area contributed by atoms with Gasteiger partial charge in [0.2, 0.25) is 0 Å². The molecule has 78 valence electrons. The minimum atomic E-state index is -0.625. The summed E-state index contributed by atoms with van der Waals surface area (Å²) in [6.07, 6.45) is -0.625. The summed E-state index contributed by atoms with van der Waals surface area (Å²) < 4.78 is 5.53. The highest BCUT2D eigenvalue weighted by atomic mass is 35.5. The molecule has 1 aromatic carbocycles. The number of hydrogen-bond acceptors (Lipinski definition) is 4. The third kappa shape index (κ3) is 1.50. The van der Waals surface area contributed by atoms with Crippen molar-refractivity contribution in [1.82, 2.24) is 9.78 Å². The molecule has 1 aromatic heterocycles. The van der Waals surface area contributed by atoms with E-state index in [0.29, 0.717) is 15.9 Å². The van der Waals surface area contributed by atoms with E-state index >= 15 is 0 Å². The molecule has 0 aliphatic carbocycles. The number of nitrogen functional groups attached to an aromatic ring is 1. The number of halogens is 1. The highest BCUT2D eigenvalue weighted by molar-refractivity contribution is 6.31. The van der Waals surface area contributed by atoms with E-state index in [1.165, 1.54) is 7.11 Å². The SMILES string of the molecule is COC(=O)n1nc2cc(Cl)ccc2c1N. The van der Waals surface area contributed by atoms with Crippen LogP contribution in [0.2, 0.25) is 5.02 Å². The van der Waals surface area contributed by atoms with Gasteiger partial charge in [-0.05, 0) is 18.2 Å².